The van der Waals surface area contributed by atoms with Gasteiger partial charge < -0.3 is 9.57 Å². The topological polar surface area (TPSA) is 38.8 Å². The maximum atomic E-state index is 12.2. The van der Waals surface area contributed by atoms with Crippen LogP contribution in [0.15, 0.2) is 30.3 Å². The number of rotatable bonds is 3. The molecule has 0 aliphatic carbocycles. The van der Waals surface area contributed by atoms with Crippen molar-refractivity contribution in [1.82, 2.24) is 5.06 Å². The largest absolute Gasteiger partial charge is 0.378 e. The summed E-state index contributed by atoms with van der Waals surface area (Å²) in [6, 6.07) is 10.5. The minimum absolute atomic E-state index is 0.164. The number of hydrogen-bond acceptors (Lipinski definition) is 4. The molecule has 2 saturated heterocycles. The smallest absolute Gasteiger partial charge is 0.330 e. The van der Waals surface area contributed by atoms with Crippen molar-refractivity contribution in [3.8, 4) is 0 Å². The summed E-state index contributed by atoms with van der Waals surface area (Å²) in [5.74, 6) is 0.696. The average Bonchev–Trinajstić information content (AvgIpc) is 2.47. The monoisotopic (exact) mass is 317 g/mol. The summed E-state index contributed by atoms with van der Waals surface area (Å²) in [5.41, 5.74) is 0.834. The third-order valence-electron chi connectivity index (χ3n) is 4.89. The second-order valence-electron chi connectivity index (χ2n) is 7.68. The number of hydroxylamine groups is 2. The highest BCUT2D eigenvalue weighted by Gasteiger charge is 2.40. The van der Waals surface area contributed by atoms with E-state index in [9.17, 15) is 4.79 Å². The standard InChI is InChI=1S/C19H27NO3/c1-19(2,3)18(21)23-20-11-9-15(17-10-12-22-17)16(13-20)14-7-5-4-6-8-14/h4-8,15-17H,9-13H2,1-3H3. The summed E-state index contributed by atoms with van der Waals surface area (Å²) in [7, 11) is 0. The Balaban J connectivity index is 1.72. The number of carbonyl (C=O) groups excluding carboxylic acids is 1. The van der Waals surface area contributed by atoms with Gasteiger partial charge in [0, 0.05) is 25.6 Å². The fraction of sp³-hybridized carbons (Fsp3) is 0.632. The number of benzene rings is 1. The highest BCUT2D eigenvalue weighted by molar-refractivity contribution is 5.75. The first-order chi connectivity index (χ1) is 10.9. The van der Waals surface area contributed by atoms with Crippen molar-refractivity contribution in [1.29, 1.82) is 0 Å². The van der Waals surface area contributed by atoms with E-state index in [1.165, 1.54) is 5.56 Å². The fourth-order valence-corrected chi connectivity index (χ4v) is 3.37. The van der Waals surface area contributed by atoms with Gasteiger partial charge in [-0.3, -0.25) is 0 Å². The minimum atomic E-state index is -0.476. The molecule has 3 rings (SSSR count). The predicted octanol–water partition coefficient (Wildman–Crippen LogP) is 3.39. The van der Waals surface area contributed by atoms with Crippen molar-refractivity contribution in [2.75, 3.05) is 19.7 Å². The van der Waals surface area contributed by atoms with E-state index in [0.29, 0.717) is 17.9 Å². The minimum Gasteiger partial charge on any atom is -0.378 e. The molecule has 4 heteroatoms. The van der Waals surface area contributed by atoms with E-state index in [1.54, 1.807) is 0 Å². The molecule has 2 aliphatic rings. The lowest BCUT2D eigenvalue weighted by Gasteiger charge is -2.44. The Hall–Kier alpha value is -1.39. The van der Waals surface area contributed by atoms with Gasteiger partial charge in [-0.1, -0.05) is 30.3 Å². The van der Waals surface area contributed by atoms with E-state index in [0.717, 1.165) is 32.5 Å². The SMILES string of the molecule is CC(C)(C)C(=O)ON1CCC(C2CCO2)C(c2ccccc2)C1. The zero-order valence-corrected chi connectivity index (χ0v) is 14.3. The zero-order chi connectivity index (χ0) is 16.4. The molecule has 23 heavy (non-hydrogen) atoms. The first-order valence-corrected chi connectivity index (χ1v) is 8.59. The summed E-state index contributed by atoms with van der Waals surface area (Å²) < 4.78 is 5.77. The van der Waals surface area contributed by atoms with Gasteiger partial charge in [-0.05, 0) is 45.1 Å². The Bertz CT molecular complexity index is 533. The first-order valence-electron chi connectivity index (χ1n) is 8.59. The van der Waals surface area contributed by atoms with Gasteiger partial charge in [-0.15, -0.1) is 5.06 Å². The highest BCUT2D eigenvalue weighted by Crippen LogP contribution is 2.39. The molecule has 0 radical (unpaired) electrons. The van der Waals surface area contributed by atoms with Gasteiger partial charge >= 0.3 is 5.97 Å². The molecular weight excluding hydrogens is 290 g/mol. The lowest BCUT2D eigenvalue weighted by Crippen LogP contribution is -2.48. The molecule has 1 aromatic carbocycles. The van der Waals surface area contributed by atoms with Gasteiger partial charge in [0.25, 0.3) is 0 Å². The van der Waals surface area contributed by atoms with Gasteiger partial charge in [0.15, 0.2) is 0 Å². The van der Waals surface area contributed by atoms with Crippen molar-refractivity contribution < 1.29 is 14.4 Å². The molecule has 0 bridgehead atoms. The second kappa shape index (κ2) is 6.62. The molecule has 4 nitrogen and oxygen atoms in total. The highest BCUT2D eigenvalue weighted by atomic mass is 16.7. The number of hydrogen-bond donors (Lipinski definition) is 0. The lowest BCUT2D eigenvalue weighted by molar-refractivity contribution is -0.213. The van der Waals surface area contributed by atoms with Crippen LogP contribution < -0.4 is 0 Å². The zero-order valence-electron chi connectivity index (χ0n) is 14.3. The molecule has 3 unspecified atom stereocenters. The van der Waals surface area contributed by atoms with Gasteiger partial charge in [0.1, 0.15) is 0 Å². The molecule has 2 aliphatic heterocycles. The number of carbonyl (C=O) groups is 1. The summed E-state index contributed by atoms with van der Waals surface area (Å²) in [6.07, 6.45) is 2.51. The van der Waals surface area contributed by atoms with Crippen LogP contribution in [0.25, 0.3) is 0 Å². The van der Waals surface area contributed by atoms with Crippen molar-refractivity contribution >= 4 is 5.97 Å². The van der Waals surface area contributed by atoms with E-state index in [-0.39, 0.29) is 5.97 Å². The normalized spacial score (nSPS) is 28.9. The molecule has 2 heterocycles. The summed E-state index contributed by atoms with van der Waals surface area (Å²) in [5, 5.41) is 1.85. The predicted molar refractivity (Wildman–Crippen MR) is 88.8 cm³/mol. The van der Waals surface area contributed by atoms with Gasteiger partial charge in [-0.25, -0.2) is 4.79 Å². The Morgan fingerprint density at radius 2 is 1.91 bits per heavy atom. The number of ether oxygens (including phenoxy) is 1. The van der Waals surface area contributed by atoms with Gasteiger partial charge in [-0.2, -0.15) is 0 Å². The van der Waals surface area contributed by atoms with Crippen LogP contribution in [-0.4, -0.2) is 36.8 Å². The molecule has 126 valence electrons. The quantitative estimate of drug-likeness (QED) is 0.856. The van der Waals surface area contributed by atoms with Crippen LogP contribution in [-0.2, 0) is 14.4 Å². The molecule has 0 saturated carbocycles. The molecule has 0 aromatic heterocycles. The van der Waals surface area contributed by atoms with E-state index < -0.39 is 5.41 Å². The molecule has 3 atom stereocenters. The third-order valence-corrected chi connectivity index (χ3v) is 4.89. The molecular formula is C19H27NO3. The van der Waals surface area contributed by atoms with Crippen molar-refractivity contribution in [2.24, 2.45) is 11.3 Å². The maximum absolute atomic E-state index is 12.2. The summed E-state index contributed by atoms with van der Waals surface area (Å²) in [4.78, 5) is 17.8. The third kappa shape index (κ3) is 3.75. The van der Waals surface area contributed by atoms with Gasteiger partial charge in [0.2, 0.25) is 0 Å². The molecule has 2 fully saturated rings. The first kappa shape index (κ1) is 16.5. The van der Waals surface area contributed by atoms with E-state index in [4.69, 9.17) is 9.57 Å². The Morgan fingerprint density at radius 1 is 1.22 bits per heavy atom. The number of piperidine rings is 1. The summed E-state index contributed by atoms with van der Waals surface area (Å²) in [6.45, 7) is 8.08. The number of nitrogens with zero attached hydrogens (tertiary/aromatic N) is 1. The summed E-state index contributed by atoms with van der Waals surface area (Å²) >= 11 is 0. The van der Waals surface area contributed by atoms with Crippen LogP contribution in [0.4, 0.5) is 0 Å². The van der Waals surface area contributed by atoms with Crippen LogP contribution in [0.2, 0.25) is 0 Å². The van der Waals surface area contributed by atoms with Crippen molar-refractivity contribution in [3.05, 3.63) is 35.9 Å². The van der Waals surface area contributed by atoms with Gasteiger partial charge in [0.05, 0.1) is 11.5 Å². The van der Waals surface area contributed by atoms with Crippen molar-refractivity contribution in [2.45, 2.75) is 45.6 Å². The van der Waals surface area contributed by atoms with Crippen LogP contribution in [0.1, 0.15) is 45.1 Å². The van der Waals surface area contributed by atoms with Crippen LogP contribution in [0.5, 0.6) is 0 Å². The van der Waals surface area contributed by atoms with Crippen LogP contribution in [0.3, 0.4) is 0 Å². The Labute approximate surface area is 138 Å². The second-order valence-corrected chi connectivity index (χ2v) is 7.68. The average molecular weight is 317 g/mol. The van der Waals surface area contributed by atoms with Crippen LogP contribution >= 0.6 is 0 Å². The van der Waals surface area contributed by atoms with Crippen molar-refractivity contribution in [3.63, 3.8) is 0 Å². The Morgan fingerprint density at radius 3 is 2.48 bits per heavy atom. The fourth-order valence-electron chi connectivity index (χ4n) is 3.37. The molecule has 0 N–H and O–H groups in total. The van der Waals surface area contributed by atoms with E-state index in [2.05, 4.69) is 24.3 Å². The lowest BCUT2D eigenvalue weighted by atomic mass is 9.76. The molecule has 0 spiro atoms. The van der Waals surface area contributed by atoms with E-state index in [1.807, 2.05) is 31.9 Å². The molecule has 0 amide bonds. The Kier molecular flexibility index (Phi) is 4.74. The molecule has 1 aromatic rings. The van der Waals surface area contributed by atoms with E-state index >= 15 is 0 Å². The van der Waals surface area contributed by atoms with Crippen LogP contribution in [0, 0.1) is 11.3 Å². The maximum Gasteiger partial charge on any atom is 0.330 e.